The lowest BCUT2D eigenvalue weighted by Gasteiger charge is -2.13. The van der Waals surface area contributed by atoms with Gasteiger partial charge in [0.2, 0.25) is 5.78 Å². The zero-order chi connectivity index (χ0) is 12.3. The van der Waals surface area contributed by atoms with Crippen molar-refractivity contribution in [3.8, 4) is 0 Å². The van der Waals surface area contributed by atoms with E-state index in [0.29, 0.717) is 11.3 Å². The van der Waals surface area contributed by atoms with E-state index in [-0.39, 0.29) is 5.76 Å². The van der Waals surface area contributed by atoms with Crippen LogP contribution in [-0.2, 0) is 4.79 Å². The number of hydrogen-bond donors (Lipinski definition) is 2. The number of nitrogens with zero attached hydrogens (tertiary/aromatic N) is 1. The van der Waals surface area contributed by atoms with E-state index in [0.717, 1.165) is 5.06 Å². The molecule has 0 saturated heterocycles. The van der Waals surface area contributed by atoms with E-state index in [1.807, 2.05) is 6.07 Å². The van der Waals surface area contributed by atoms with Crippen LogP contribution in [0.5, 0.6) is 0 Å². The summed E-state index contributed by atoms with van der Waals surface area (Å²) in [5.41, 5.74) is 1.13. The number of anilines is 1. The van der Waals surface area contributed by atoms with Crippen LogP contribution < -0.4 is 5.06 Å². The molecule has 4 nitrogen and oxygen atoms in total. The van der Waals surface area contributed by atoms with E-state index in [4.69, 9.17) is 0 Å². The minimum absolute atomic E-state index is 0.333. The normalized spacial score (nSPS) is 17.1. The molecule has 0 aliphatic heterocycles. The molecule has 0 unspecified atom stereocenters. The molecular weight excluding hydrogens is 218 g/mol. The Morgan fingerprint density at radius 3 is 2.47 bits per heavy atom. The van der Waals surface area contributed by atoms with Gasteiger partial charge in [-0.25, -0.2) is 5.06 Å². The fourth-order valence-electron chi connectivity index (χ4n) is 1.41. The first-order valence-electron chi connectivity index (χ1n) is 5.05. The van der Waals surface area contributed by atoms with E-state index >= 15 is 0 Å². The molecule has 0 bridgehead atoms. The first-order chi connectivity index (χ1) is 8.16. The largest absolute Gasteiger partial charge is 0.504 e. The highest BCUT2D eigenvalue weighted by Gasteiger charge is 2.10. The number of aliphatic hydroxyl groups excluding tert-OH is 1. The van der Waals surface area contributed by atoms with Crippen molar-refractivity contribution in [2.45, 2.75) is 0 Å². The van der Waals surface area contributed by atoms with Crippen LogP contribution in [0.15, 0.2) is 66.1 Å². The van der Waals surface area contributed by atoms with Gasteiger partial charge in [-0.05, 0) is 35.9 Å². The Balaban J connectivity index is 2.21. The average Bonchev–Trinajstić information content (AvgIpc) is 2.35. The standard InChI is InChI=1S/C13H11NO3/c15-12-7-6-10(8-13(12)16)9-14(17)11-4-2-1-3-5-11/h1-9,16-17H. The van der Waals surface area contributed by atoms with Crippen LogP contribution >= 0.6 is 0 Å². The highest BCUT2D eigenvalue weighted by molar-refractivity contribution is 6.04. The molecule has 0 atom stereocenters. The molecule has 17 heavy (non-hydrogen) atoms. The first kappa shape index (κ1) is 11.2. The summed E-state index contributed by atoms with van der Waals surface area (Å²) in [5.74, 6) is -0.772. The molecule has 1 aromatic carbocycles. The highest BCUT2D eigenvalue weighted by Crippen LogP contribution is 2.16. The van der Waals surface area contributed by atoms with Crippen LogP contribution in [-0.4, -0.2) is 16.1 Å². The van der Waals surface area contributed by atoms with Gasteiger partial charge in [0.05, 0.1) is 5.69 Å². The quantitative estimate of drug-likeness (QED) is 0.764. The first-order valence-corrected chi connectivity index (χ1v) is 5.05. The SMILES string of the molecule is O=C1C=CC(=CN(O)c2ccccc2)C=C1O. The Morgan fingerprint density at radius 2 is 1.82 bits per heavy atom. The van der Waals surface area contributed by atoms with Gasteiger partial charge in [-0.3, -0.25) is 10.0 Å². The van der Waals surface area contributed by atoms with Crippen LogP contribution in [0.2, 0.25) is 0 Å². The number of para-hydroxylation sites is 1. The lowest BCUT2D eigenvalue weighted by atomic mass is 10.1. The molecule has 0 fully saturated rings. The van der Waals surface area contributed by atoms with Gasteiger partial charge in [0.15, 0.2) is 5.76 Å². The van der Waals surface area contributed by atoms with Gasteiger partial charge in [-0.2, -0.15) is 0 Å². The van der Waals surface area contributed by atoms with Crippen molar-refractivity contribution in [3.63, 3.8) is 0 Å². The predicted molar refractivity (Wildman–Crippen MR) is 63.6 cm³/mol. The van der Waals surface area contributed by atoms with Crippen molar-refractivity contribution in [2.75, 3.05) is 5.06 Å². The molecule has 0 amide bonds. The Morgan fingerprint density at radius 1 is 1.12 bits per heavy atom. The predicted octanol–water partition coefficient (Wildman–Crippen LogP) is 2.35. The summed E-state index contributed by atoms with van der Waals surface area (Å²) >= 11 is 0. The van der Waals surface area contributed by atoms with Gasteiger partial charge in [-0.15, -0.1) is 0 Å². The Hall–Kier alpha value is -2.33. The van der Waals surface area contributed by atoms with Gasteiger partial charge in [0.25, 0.3) is 0 Å². The number of allylic oxidation sites excluding steroid dienone is 4. The lowest BCUT2D eigenvalue weighted by Crippen LogP contribution is -2.11. The van der Waals surface area contributed by atoms with Crippen molar-refractivity contribution >= 4 is 11.5 Å². The van der Waals surface area contributed by atoms with Crippen molar-refractivity contribution in [3.05, 3.63) is 66.1 Å². The Bertz CT molecular complexity index is 515. The molecule has 0 radical (unpaired) electrons. The minimum Gasteiger partial charge on any atom is -0.504 e. The molecule has 1 aromatic rings. The third-order valence-corrected chi connectivity index (χ3v) is 2.28. The van der Waals surface area contributed by atoms with Crippen LogP contribution in [0, 0.1) is 0 Å². The van der Waals surface area contributed by atoms with Crippen LogP contribution in [0.1, 0.15) is 0 Å². The Kier molecular flexibility index (Phi) is 3.07. The fraction of sp³-hybridized carbons (Fsp3) is 0. The topological polar surface area (TPSA) is 60.8 Å². The van der Waals surface area contributed by atoms with E-state index in [2.05, 4.69) is 0 Å². The summed E-state index contributed by atoms with van der Waals surface area (Å²) in [6, 6.07) is 8.90. The minimum atomic E-state index is -0.439. The van der Waals surface area contributed by atoms with Gasteiger partial charge < -0.3 is 5.11 Å². The number of ketones is 1. The molecule has 0 aromatic heterocycles. The lowest BCUT2D eigenvalue weighted by molar-refractivity contribution is -0.113. The van der Waals surface area contributed by atoms with Crippen molar-refractivity contribution in [1.82, 2.24) is 0 Å². The summed E-state index contributed by atoms with van der Waals surface area (Å²) < 4.78 is 0. The second-order valence-corrected chi connectivity index (χ2v) is 3.54. The smallest absolute Gasteiger partial charge is 0.220 e. The van der Waals surface area contributed by atoms with Gasteiger partial charge in [0.1, 0.15) is 0 Å². The van der Waals surface area contributed by atoms with Crippen LogP contribution in [0.3, 0.4) is 0 Å². The summed E-state index contributed by atoms with van der Waals surface area (Å²) in [6.07, 6.45) is 5.48. The summed E-state index contributed by atoms with van der Waals surface area (Å²) in [7, 11) is 0. The number of carbonyl (C=O) groups excluding carboxylic acids is 1. The average molecular weight is 229 g/mol. The number of aliphatic hydroxyl groups is 1. The van der Waals surface area contributed by atoms with Crippen molar-refractivity contribution in [1.29, 1.82) is 0 Å². The second kappa shape index (κ2) is 4.67. The second-order valence-electron chi connectivity index (χ2n) is 3.54. The summed E-state index contributed by atoms with van der Waals surface area (Å²) in [4.78, 5) is 11.0. The molecular formula is C13H11NO3. The molecule has 2 N–H and O–H groups in total. The summed E-state index contributed by atoms with van der Waals surface area (Å²) in [6.45, 7) is 0. The maximum atomic E-state index is 11.0. The third-order valence-electron chi connectivity index (χ3n) is 2.28. The number of benzene rings is 1. The zero-order valence-corrected chi connectivity index (χ0v) is 8.95. The third kappa shape index (κ3) is 2.62. The molecule has 86 valence electrons. The maximum Gasteiger partial charge on any atom is 0.220 e. The van der Waals surface area contributed by atoms with E-state index in [1.165, 1.54) is 24.4 Å². The maximum absolute atomic E-state index is 11.0. The van der Waals surface area contributed by atoms with Gasteiger partial charge >= 0.3 is 0 Å². The van der Waals surface area contributed by atoms with Crippen molar-refractivity contribution < 1.29 is 15.1 Å². The molecule has 2 rings (SSSR count). The molecule has 1 aliphatic rings. The zero-order valence-electron chi connectivity index (χ0n) is 8.95. The van der Waals surface area contributed by atoms with Crippen molar-refractivity contribution in [2.24, 2.45) is 0 Å². The monoisotopic (exact) mass is 229 g/mol. The highest BCUT2D eigenvalue weighted by atomic mass is 16.5. The summed E-state index contributed by atoms with van der Waals surface area (Å²) in [5, 5.41) is 19.9. The molecule has 1 aliphatic carbocycles. The number of rotatable bonds is 2. The van der Waals surface area contributed by atoms with Crippen LogP contribution in [0.25, 0.3) is 0 Å². The molecule has 0 heterocycles. The fourth-order valence-corrected chi connectivity index (χ4v) is 1.41. The molecule has 0 saturated carbocycles. The number of carbonyl (C=O) groups is 1. The van der Waals surface area contributed by atoms with E-state index in [9.17, 15) is 15.1 Å². The number of hydroxylamine groups is 1. The van der Waals surface area contributed by atoms with Gasteiger partial charge in [0, 0.05) is 6.20 Å². The van der Waals surface area contributed by atoms with Crippen LogP contribution in [0.4, 0.5) is 5.69 Å². The van der Waals surface area contributed by atoms with E-state index in [1.54, 1.807) is 24.3 Å². The molecule has 4 heteroatoms. The molecule has 0 spiro atoms. The Labute approximate surface area is 98.4 Å². The van der Waals surface area contributed by atoms with E-state index < -0.39 is 5.78 Å². The number of hydrogen-bond acceptors (Lipinski definition) is 4. The van der Waals surface area contributed by atoms with Gasteiger partial charge in [-0.1, -0.05) is 18.2 Å².